The van der Waals surface area contributed by atoms with Gasteiger partial charge in [-0.3, -0.25) is 0 Å². The first kappa shape index (κ1) is 33.2. The number of nitrogens with zero attached hydrogens (tertiary/aromatic N) is 3. The fourth-order valence-corrected chi connectivity index (χ4v) is 7.65. The van der Waals surface area contributed by atoms with E-state index in [0.29, 0.717) is 0 Å². The average molecular weight is 680 g/mol. The van der Waals surface area contributed by atoms with Crippen LogP contribution in [0, 0.1) is 0 Å². The lowest BCUT2D eigenvalue weighted by Gasteiger charge is -2.24. The first-order chi connectivity index (χ1) is 25.6. The number of benzene rings is 3. The monoisotopic (exact) mass is 679 g/mol. The summed E-state index contributed by atoms with van der Waals surface area (Å²) in [7, 11) is 0. The predicted molar refractivity (Wildman–Crippen MR) is 222 cm³/mol. The van der Waals surface area contributed by atoms with Gasteiger partial charge in [-0.15, -0.1) is 0 Å². The Kier molecular flexibility index (Phi) is 9.41. The molecule has 0 fully saturated rings. The topological polar surface area (TPSA) is 60.6 Å². The van der Waals surface area contributed by atoms with Crippen molar-refractivity contribution in [3.63, 3.8) is 0 Å². The van der Waals surface area contributed by atoms with Crippen LogP contribution < -0.4 is 4.90 Å². The Bertz CT molecular complexity index is 2390. The Morgan fingerprint density at radius 3 is 1.35 bits per heavy atom. The van der Waals surface area contributed by atoms with Crippen LogP contribution in [0.1, 0.15) is 68.4 Å². The van der Waals surface area contributed by atoms with Crippen molar-refractivity contribution in [2.45, 2.75) is 46.5 Å². The number of aryl methyl sites for hydroxylation is 1. The van der Waals surface area contributed by atoms with E-state index in [2.05, 4.69) is 169 Å². The van der Waals surface area contributed by atoms with E-state index < -0.39 is 0 Å². The second-order valence-electron chi connectivity index (χ2n) is 13.6. The molecule has 8 rings (SSSR count). The van der Waals surface area contributed by atoms with Crippen molar-refractivity contribution in [3.05, 3.63) is 138 Å². The first-order valence-corrected chi connectivity index (χ1v) is 18.8. The van der Waals surface area contributed by atoms with Crippen LogP contribution in [0.4, 0.5) is 5.69 Å². The number of nitrogens with one attached hydrogen (secondary N) is 2. The molecular formula is C47H45N5. The van der Waals surface area contributed by atoms with E-state index in [1.807, 2.05) is 0 Å². The molecule has 0 aliphatic carbocycles. The number of H-pyrrole nitrogens is 2. The van der Waals surface area contributed by atoms with Gasteiger partial charge in [0.2, 0.25) is 0 Å². The van der Waals surface area contributed by atoms with Gasteiger partial charge < -0.3 is 14.9 Å². The maximum atomic E-state index is 5.43. The normalized spacial score (nSPS) is 12.1. The van der Waals surface area contributed by atoms with Crippen molar-refractivity contribution in [2.24, 2.45) is 0 Å². The van der Waals surface area contributed by atoms with Crippen molar-refractivity contribution < 1.29 is 0 Å². The van der Waals surface area contributed by atoms with Crippen molar-refractivity contribution in [3.8, 4) is 33.4 Å². The lowest BCUT2D eigenvalue weighted by molar-refractivity contribution is 0.745. The van der Waals surface area contributed by atoms with Crippen LogP contribution in [0.5, 0.6) is 0 Å². The molecule has 2 N–H and O–H groups in total. The number of rotatable bonds is 10. The molecule has 3 aromatic heterocycles. The van der Waals surface area contributed by atoms with E-state index >= 15 is 0 Å². The second-order valence-corrected chi connectivity index (χ2v) is 13.6. The lowest BCUT2D eigenvalue weighted by Crippen LogP contribution is -2.24. The van der Waals surface area contributed by atoms with Gasteiger partial charge in [-0.05, 0) is 96.7 Å². The summed E-state index contributed by atoms with van der Waals surface area (Å²) < 4.78 is 0. The van der Waals surface area contributed by atoms with Crippen LogP contribution in [0.25, 0.3) is 79.8 Å². The van der Waals surface area contributed by atoms with Gasteiger partial charge in [0.05, 0.1) is 22.8 Å². The molecule has 52 heavy (non-hydrogen) atoms. The summed E-state index contributed by atoms with van der Waals surface area (Å²) in [5.41, 5.74) is 17.0. The molecule has 0 saturated heterocycles. The van der Waals surface area contributed by atoms with Crippen LogP contribution in [0.15, 0.2) is 109 Å². The van der Waals surface area contributed by atoms with Gasteiger partial charge in [0.15, 0.2) is 0 Å². The Morgan fingerprint density at radius 1 is 0.442 bits per heavy atom. The van der Waals surface area contributed by atoms with Crippen LogP contribution in [-0.2, 0) is 6.42 Å². The largest absolute Gasteiger partial charge is 0.372 e. The second kappa shape index (κ2) is 14.7. The summed E-state index contributed by atoms with van der Waals surface area (Å²) in [6.07, 6.45) is 12.8. The quantitative estimate of drug-likeness (QED) is 0.151. The van der Waals surface area contributed by atoms with E-state index in [-0.39, 0.29) is 0 Å². The van der Waals surface area contributed by atoms with Gasteiger partial charge >= 0.3 is 0 Å². The Morgan fingerprint density at radius 2 is 0.865 bits per heavy atom. The SMILES string of the molecule is CCCc1c2nc(c(-c3ccccc3)c3ccc([nH]3)c(-c3ccc(N(CCC)CCC)cc3)c3nc(c(-c4ccccc4)c4ccc1[nH]4)C=C3)C=C2. The molecular weight excluding hydrogens is 635 g/mol. The summed E-state index contributed by atoms with van der Waals surface area (Å²) >= 11 is 0. The third-order valence-electron chi connectivity index (χ3n) is 10.00. The molecule has 0 atom stereocenters. The highest BCUT2D eigenvalue weighted by Gasteiger charge is 2.18. The van der Waals surface area contributed by atoms with Crippen molar-refractivity contribution in [1.82, 2.24) is 19.9 Å². The molecule has 8 bridgehead atoms. The fraction of sp³-hybridized carbons (Fsp3) is 0.191. The molecule has 258 valence electrons. The van der Waals surface area contributed by atoms with Crippen molar-refractivity contribution in [1.29, 1.82) is 0 Å². The van der Waals surface area contributed by atoms with Gasteiger partial charge in [-0.2, -0.15) is 0 Å². The molecule has 0 amide bonds. The first-order valence-electron chi connectivity index (χ1n) is 18.8. The van der Waals surface area contributed by atoms with Gasteiger partial charge in [0.25, 0.3) is 0 Å². The van der Waals surface area contributed by atoms with Gasteiger partial charge in [0, 0.05) is 63.1 Å². The van der Waals surface area contributed by atoms with E-state index in [9.17, 15) is 0 Å². The number of hydrogen-bond donors (Lipinski definition) is 2. The summed E-state index contributed by atoms with van der Waals surface area (Å²) in [4.78, 5) is 20.9. The summed E-state index contributed by atoms with van der Waals surface area (Å²) in [5, 5.41) is 0. The molecule has 0 radical (unpaired) electrons. The van der Waals surface area contributed by atoms with Crippen LogP contribution in [0.2, 0.25) is 0 Å². The maximum Gasteiger partial charge on any atom is 0.0737 e. The highest BCUT2D eigenvalue weighted by atomic mass is 15.1. The molecule has 6 aromatic rings. The number of fused-ring (bicyclic) bond motifs is 8. The number of anilines is 1. The molecule has 0 saturated carbocycles. The molecule has 5 nitrogen and oxygen atoms in total. The van der Waals surface area contributed by atoms with Gasteiger partial charge in [-0.1, -0.05) is 100.0 Å². The summed E-state index contributed by atoms with van der Waals surface area (Å²) in [6, 6.07) is 39.1. The molecule has 2 aliphatic rings. The van der Waals surface area contributed by atoms with E-state index in [1.165, 1.54) is 11.3 Å². The molecule has 5 heterocycles. The zero-order valence-corrected chi connectivity index (χ0v) is 30.3. The Hall–Kier alpha value is -5.94. The van der Waals surface area contributed by atoms with E-state index in [1.54, 1.807) is 0 Å². The van der Waals surface area contributed by atoms with Crippen LogP contribution in [0.3, 0.4) is 0 Å². The molecule has 0 unspecified atom stereocenters. The number of hydrogen-bond acceptors (Lipinski definition) is 3. The summed E-state index contributed by atoms with van der Waals surface area (Å²) in [5.74, 6) is 0. The third-order valence-corrected chi connectivity index (χ3v) is 10.00. The molecule has 5 heteroatoms. The highest BCUT2D eigenvalue weighted by molar-refractivity contribution is 5.98. The standard InChI is InChI=1S/C47H45N5/c1-4-13-36-37-22-24-39(48-37)45(32-14-9-7-10-15-32)41-26-28-43(50-41)47(34-18-20-35(21-19-34)52(30-5-2)31-6-3)44-29-27-42(51-44)46(33-16-11-8-12-17-33)40-25-23-38(36)49-40/h7-12,14-29,48,51H,4-6,13,30-31H2,1-3H3. The minimum Gasteiger partial charge on any atom is -0.372 e. The predicted octanol–water partition coefficient (Wildman–Crippen LogP) is 12.2. The Balaban J connectivity index is 1.48. The van der Waals surface area contributed by atoms with Crippen molar-refractivity contribution in [2.75, 3.05) is 18.0 Å². The Labute approximate surface area is 306 Å². The van der Waals surface area contributed by atoms with Crippen molar-refractivity contribution >= 4 is 52.1 Å². The lowest BCUT2D eigenvalue weighted by atomic mass is 10.0. The molecule has 0 spiro atoms. The van der Waals surface area contributed by atoms with Gasteiger partial charge in [0.1, 0.15) is 0 Å². The maximum absolute atomic E-state index is 5.43. The minimum atomic E-state index is 0.912. The van der Waals surface area contributed by atoms with Crippen LogP contribution in [-0.4, -0.2) is 33.0 Å². The smallest absolute Gasteiger partial charge is 0.0737 e. The zero-order valence-electron chi connectivity index (χ0n) is 30.3. The zero-order chi connectivity index (χ0) is 35.4. The number of aromatic nitrogens is 4. The highest BCUT2D eigenvalue weighted by Crippen LogP contribution is 2.37. The summed E-state index contributed by atoms with van der Waals surface area (Å²) in [6.45, 7) is 8.81. The van der Waals surface area contributed by atoms with Crippen LogP contribution >= 0.6 is 0 Å². The molecule has 3 aromatic carbocycles. The fourth-order valence-electron chi connectivity index (χ4n) is 7.65. The number of aromatic amines is 2. The van der Waals surface area contributed by atoms with E-state index in [4.69, 9.17) is 9.97 Å². The minimum absolute atomic E-state index is 0.912. The van der Waals surface area contributed by atoms with E-state index in [0.717, 1.165) is 117 Å². The van der Waals surface area contributed by atoms with Gasteiger partial charge in [-0.25, -0.2) is 9.97 Å². The average Bonchev–Trinajstić information content (AvgIpc) is 4.02. The third kappa shape index (κ3) is 6.39. The molecule has 2 aliphatic heterocycles.